The van der Waals surface area contributed by atoms with Crippen LogP contribution in [-0.4, -0.2) is 24.5 Å². The van der Waals surface area contributed by atoms with Crippen LogP contribution in [0.5, 0.6) is 5.75 Å². The van der Waals surface area contributed by atoms with Gasteiger partial charge in [0.1, 0.15) is 5.75 Å². The largest absolute Gasteiger partial charge is 0.478 e. The molecule has 0 saturated carbocycles. The van der Waals surface area contributed by atoms with Gasteiger partial charge in [-0.1, -0.05) is 18.2 Å². The van der Waals surface area contributed by atoms with Gasteiger partial charge in [-0.05, 0) is 30.0 Å². The average molecular weight is 316 g/mol. The van der Waals surface area contributed by atoms with Crippen molar-refractivity contribution in [3.63, 3.8) is 0 Å². The molecule has 1 aliphatic rings. The summed E-state index contributed by atoms with van der Waals surface area (Å²) in [6.07, 6.45) is 0.0332. The lowest BCUT2D eigenvalue weighted by molar-refractivity contribution is -0.130. The number of rotatable bonds is 5. The van der Waals surface area contributed by atoms with Crippen molar-refractivity contribution in [2.75, 3.05) is 11.9 Å². The number of thiophene rings is 1. The number of benzene rings is 1. The van der Waals surface area contributed by atoms with Crippen LogP contribution in [0, 0.1) is 0 Å². The van der Waals surface area contributed by atoms with Gasteiger partial charge in [-0.2, -0.15) is 0 Å². The summed E-state index contributed by atoms with van der Waals surface area (Å²) in [7, 11) is 0. The Morgan fingerprint density at radius 2 is 2.14 bits per heavy atom. The molecular weight excluding hydrogens is 300 g/mol. The fourth-order valence-electron chi connectivity index (χ4n) is 2.25. The van der Waals surface area contributed by atoms with Crippen LogP contribution < -0.4 is 15.4 Å². The SMILES string of the molecule is O=C(C[C@H]1Oc2ccccc2NC1=O)NCCc1cccs1. The molecule has 0 bridgehead atoms. The molecule has 2 aromatic rings. The van der Waals surface area contributed by atoms with E-state index in [1.165, 1.54) is 4.88 Å². The molecule has 0 fully saturated rings. The highest BCUT2D eigenvalue weighted by molar-refractivity contribution is 7.09. The Bertz CT molecular complexity index is 670. The minimum Gasteiger partial charge on any atom is -0.478 e. The second-order valence-electron chi connectivity index (χ2n) is 4.98. The Balaban J connectivity index is 1.50. The van der Waals surface area contributed by atoms with Gasteiger partial charge in [0.15, 0.2) is 6.10 Å². The van der Waals surface area contributed by atoms with Crippen molar-refractivity contribution in [3.8, 4) is 5.75 Å². The van der Waals surface area contributed by atoms with E-state index in [4.69, 9.17) is 4.74 Å². The topological polar surface area (TPSA) is 67.4 Å². The van der Waals surface area contributed by atoms with Crippen molar-refractivity contribution in [2.24, 2.45) is 0 Å². The zero-order chi connectivity index (χ0) is 15.4. The second kappa shape index (κ2) is 6.62. The van der Waals surface area contributed by atoms with Crippen LogP contribution in [0.2, 0.25) is 0 Å². The molecule has 114 valence electrons. The molecule has 0 aliphatic carbocycles. The lowest BCUT2D eigenvalue weighted by Crippen LogP contribution is -2.41. The van der Waals surface area contributed by atoms with E-state index in [2.05, 4.69) is 10.6 Å². The highest BCUT2D eigenvalue weighted by Gasteiger charge is 2.29. The number of carbonyl (C=O) groups excluding carboxylic acids is 2. The van der Waals surface area contributed by atoms with Crippen LogP contribution in [0.4, 0.5) is 5.69 Å². The van der Waals surface area contributed by atoms with Crippen molar-refractivity contribution >= 4 is 28.8 Å². The highest BCUT2D eigenvalue weighted by Crippen LogP contribution is 2.29. The molecule has 22 heavy (non-hydrogen) atoms. The van der Waals surface area contributed by atoms with Gasteiger partial charge in [-0.15, -0.1) is 11.3 Å². The Hall–Kier alpha value is -2.34. The molecule has 1 atom stereocenters. The highest BCUT2D eigenvalue weighted by atomic mass is 32.1. The maximum Gasteiger partial charge on any atom is 0.266 e. The standard InChI is InChI=1S/C16H16N2O3S/c19-15(17-8-7-11-4-3-9-22-11)10-14-16(20)18-12-5-1-2-6-13(12)21-14/h1-6,9,14H,7-8,10H2,(H,17,19)(H,18,20)/t14-/m1/s1. The predicted octanol–water partition coefficient (Wildman–Crippen LogP) is 2.20. The molecule has 6 heteroatoms. The van der Waals surface area contributed by atoms with Crippen LogP contribution in [-0.2, 0) is 16.0 Å². The average Bonchev–Trinajstić information content (AvgIpc) is 3.01. The maximum absolute atomic E-state index is 11.9. The number of hydrogen-bond acceptors (Lipinski definition) is 4. The summed E-state index contributed by atoms with van der Waals surface area (Å²) in [6, 6.07) is 11.2. The molecule has 0 saturated heterocycles. The van der Waals surface area contributed by atoms with E-state index >= 15 is 0 Å². The summed E-state index contributed by atoms with van der Waals surface area (Å²) in [5.41, 5.74) is 0.641. The second-order valence-corrected chi connectivity index (χ2v) is 6.01. The first-order valence-corrected chi connectivity index (χ1v) is 7.96. The molecule has 1 aromatic carbocycles. The molecule has 3 rings (SSSR count). The number of carbonyl (C=O) groups is 2. The van der Waals surface area contributed by atoms with Gasteiger partial charge in [-0.25, -0.2) is 0 Å². The zero-order valence-corrected chi connectivity index (χ0v) is 12.7. The number of para-hydroxylation sites is 2. The van der Waals surface area contributed by atoms with Crippen molar-refractivity contribution in [1.29, 1.82) is 0 Å². The maximum atomic E-state index is 11.9. The monoisotopic (exact) mass is 316 g/mol. The Morgan fingerprint density at radius 3 is 2.95 bits per heavy atom. The number of hydrogen-bond donors (Lipinski definition) is 2. The third-order valence-corrected chi connectivity index (χ3v) is 4.29. The van der Waals surface area contributed by atoms with E-state index < -0.39 is 6.10 Å². The van der Waals surface area contributed by atoms with Crippen LogP contribution in [0.25, 0.3) is 0 Å². The molecule has 5 nitrogen and oxygen atoms in total. The molecule has 0 unspecified atom stereocenters. The number of ether oxygens (including phenoxy) is 1. The van der Waals surface area contributed by atoms with Gasteiger partial charge in [-0.3, -0.25) is 9.59 Å². The predicted molar refractivity (Wildman–Crippen MR) is 85.1 cm³/mol. The van der Waals surface area contributed by atoms with Crippen LogP contribution >= 0.6 is 11.3 Å². The minimum absolute atomic E-state index is 0.0185. The molecule has 2 heterocycles. The molecule has 1 aromatic heterocycles. The summed E-state index contributed by atoms with van der Waals surface area (Å²) in [4.78, 5) is 25.1. The smallest absolute Gasteiger partial charge is 0.266 e. The fourth-order valence-corrected chi connectivity index (χ4v) is 2.96. The first-order chi connectivity index (χ1) is 10.7. The molecule has 0 radical (unpaired) electrons. The third-order valence-electron chi connectivity index (χ3n) is 3.35. The van der Waals surface area contributed by atoms with E-state index in [0.717, 1.165) is 6.42 Å². The van der Waals surface area contributed by atoms with Gasteiger partial charge in [0.25, 0.3) is 5.91 Å². The number of nitrogens with one attached hydrogen (secondary N) is 2. The summed E-state index contributed by atoms with van der Waals surface area (Å²) in [5, 5.41) is 7.58. The van der Waals surface area contributed by atoms with Gasteiger partial charge in [0.2, 0.25) is 5.91 Å². The summed E-state index contributed by atoms with van der Waals surface area (Å²) in [6.45, 7) is 0.560. The Morgan fingerprint density at radius 1 is 1.27 bits per heavy atom. The molecule has 2 N–H and O–H groups in total. The first-order valence-electron chi connectivity index (χ1n) is 7.08. The molecule has 0 spiro atoms. The zero-order valence-electron chi connectivity index (χ0n) is 11.9. The van der Waals surface area contributed by atoms with Crippen molar-refractivity contribution in [2.45, 2.75) is 18.9 Å². The van der Waals surface area contributed by atoms with E-state index in [9.17, 15) is 9.59 Å². The lowest BCUT2D eigenvalue weighted by Gasteiger charge is -2.25. The van der Waals surface area contributed by atoms with E-state index in [-0.39, 0.29) is 18.2 Å². The summed E-state index contributed by atoms with van der Waals surface area (Å²) in [5.74, 6) is 0.127. The summed E-state index contributed by atoms with van der Waals surface area (Å²) < 4.78 is 5.60. The third kappa shape index (κ3) is 3.46. The molecule has 2 amide bonds. The first kappa shape index (κ1) is 14.6. The number of fused-ring (bicyclic) bond motifs is 1. The normalized spacial score (nSPS) is 16.4. The minimum atomic E-state index is -0.781. The van der Waals surface area contributed by atoms with Gasteiger partial charge >= 0.3 is 0 Å². The van der Waals surface area contributed by atoms with Crippen molar-refractivity contribution < 1.29 is 14.3 Å². The van der Waals surface area contributed by atoms with Gasteiger partial charge in [0.05, 0.1) is 12.1 Å². The fraction of sp³-hybridized carbons (Fsp3) is 0.250. The van der Waals surface area contributed by atoms with Gasteiger partial charge in [0, 0.05) is 11.4 Å². The number of anilines is 1. The Kier molecular flexibility index (Phi) is 4.39. The quantitative estimate of drug-likeness (QED) is 0.888. The lowest BCUT2D eigenvalue weighted by atomic mass is 10.1. The summed E-state index contributed by atoms with van der Waals surface area (Å²) >= 11 is 1.66. The van der Waals surface area contributed by atoms with E-state index in [1.54, 1.807) is 23.5 Å². The van der Waals surface area contributed by atoms with Gasteiger partial charge < -0.3 is 15.4 Å². The van der Waals surface area contributed by atoms with Crippen LogP contribution in [0.15, 0.2) is 41.8 Å². The Labute approximate surface area is 132 Å². The molecular formula is C16H16N2O3S. The number of amides is 2. The molecule has 1 aliphatic heterocycles. The van der Waals surface area contributed by atoms with E-state index in [1.807, 2.05) is 29.6 Å². The van der Waals surface area contributed by atoms with Crippen molar-refractivity contribution in [1.82, 2.24) is 5.32 Å². The van der Waals surface area contributed by atoms with Crippen molar-refractivity contribution in [3.05, 3.63) is 46.7 Å². The van der Waals surface area contributed by atoms with Crippen LogP contribution in [0.1, 0.15) is 11.3 Å². The van der Waals surface area contributed by atoms with E-state index in [0.29, 0.717) is 18.0 Å². The van der Waals surface area contributed by atoms with Crippen LogP contribution in [0.3, 0.4) is 0 Å².